The first-order valence-electron chi connectivity index (χ1n) is 12.8. The molecule has 5 nitrogen and oxygen atoms in total. The molecule has 0 spiro atoms. The number of nitriles is 1. The molecular formula is C32H28N4O. The lowest BCUT2D eigenvalue weighted by atomic mass is 10.1. The Kier molecular flexibility index (Phi) is 6.38. The highest BCUT2D eigenvalue weighted by Crippen LogP contribution is 2.25. The molecule has 5 heteroatoms. The zero-order chi connectivity index (χ0) is 25.0. The number of nitrogens with zero attached hydrogens (tertiary/aromatic N) is 4. The molecule has 3 heterocycles. The molecule has 1 aliphatic heterocycles. The van der Waals surface area contributed by atoms with E-state index in [1.165, 1.54) is 11.3 Å². The number of benzene rings is 3. The molecule has 0 unspecified atom stereocenters. The van der Waals surface area contributed by atoms with Gasteiger partial charge in [-0.15, -0.1) is 0 Å². The fraction of sp³-hybridized carbons (Fsp3) is 0.219. The van der Waals surface area contributed by atoms with Crippen molar-refractivity contribution < 1.29 is 4.42 Å². The molecule has 2 aromatic heterocycles. The smallest absolute Gasteiger partial charge is 0.133 e. The normalized spacial score (nSPS) is 14.0. The van der Waals surface area contributed by atoms with Crippen LogP contribution in [0.1, 0.15) is 23.1 Å². The van der Waals surface area contributed by atoms with E-state index >= 15 is 0 Å². The second-order valence-corrected chi connectivity index (χ2v) is 9.52. The van der Waals surface area contributed by atoms with Gasteiger partial charge in [-0.2, -0.15) is 5.26 Å². The highest BCUT2D eigenvalue weighted by atomic mass is 16.3. The van der Waals surface area contributed by atoms with Crippen molar-refractivity contribution in [2.75, 3.05) is 37.6 Å². The summed E-state index contributed by atoms with van der Waals surface area (Å²) in [7, 11) is 0. The summed E-state index contributed by atoms with van der Waals surface area (Å²) in [5, 5.41) is 11.6. The van der Waals surface area contributed by atoms with Crippen molar-refractivity contribution in [3.05, 3.63) is 102 Å². The van der Waals surface area contributed by atoms with Gasteiger partial charge in [0.25, 0.3) is 0 Å². The van der Waals surface area contributed by atoms with Gasteiger partial charge in [0.1, 0.15) is 5.58 Å². The number of anilines is 1. The molecule has 6 rings (SSSR count). The van der Waals surface area contributed by atoms with E-state index in [0.717, 1.165) is 73.1 Å². The van der Waals surface area contributed by atoms with Gasteiger partial charge in [0.2, 0.25) is 0 Å². The lowest BCUT2D eigenvalue weighted by molar-refractivity contribution is 0.264. The summed E-state index contributed by atoms with van der Waals surface area (Å²) < 4.78 is 7.70. The first-order chi connectivity index (χ1) is 18.3. The van der Waals surface area contributed by atoms with Crippen LogP contribution in [0.15, 0.2) is 89.7 Å². The first-order valence-corrected chi connectivity index (χ1v) is 12.8. The minimum atomic E-state index is 0.665. The second-order valence-electron chi connectivity index (χ2n) is 9.52. The molecule has 0 atom stereocenters. The van der Waals surface area contributed by atoms with Crippen LogP contribution >= 0.6 is 0 Å². The SMILES string of the molecule is N#Cc1ccc2c(c1)c(C#CCCN1CCN(c3ccc4occc4c3)CC1)cn2Cc1ccccc1. The Balaban J connectivity index is 1.10. The van der Waals surface area contributed by atoms with E-state index in [-0.39, 0.29) is 0 Å². The lowest BCUT2D eigenvalue weighted by Crippen LogP contribution is -2.46. The fourth-order valence-electron chi connectivity index (χ4n) is 5.13. The summed E-state index contributed by atoms with van der Waals surface area (Å²) in [6.45, 7) is 5.85. The average Bonchev–Trinajstić information content (AvgIpc) is 3.56. The third-order valence-electron chi connectivity index (χ3n) is 7.16. The Morgan fingerprint density at radius 2 is 1.76 bits per heavy atom. The van der Waals surface area contributed by atoms with Crippen molar-refractivity contribution >= 4 is 27.6 Å². The van der Waals surface area contributed by atoms with Crippen LogP contribution in [-0.4, -0.2) is 42.2 Å². The van der Waals surface area contributed by atoms with E-state index in [1.807, 2.05) is 30.3 Å². The topological polar surface area (TPSA) is 48.3 Å². The number of aromatic nitrogens is 1. The third kappa shape index (κ3) is 4.96. The maximum Gasteiger partial charge on any atom is 0.133 e. The van der Waals surface area contributed by atoms with Crippen LogP contribution in [0.4, 0.5) is 5.69 Å². The summed E-state index contributed by atoms with van der Waals surface area (Å²) in [5.41, 5.74) is 6.20. The van der Waals surface area contributed by atoms with Crippen molar-refractivity contribution in [1.29, 1.82) is 5.26 Å². The number of hydrogen-bond donors (Lipinski definition) is 0. The molecular weight excluding hydrogens is 456 g/mol. The van der Waals surface area contributed by atoms with Gasteiger partial charge in [-0.05, 0) is 48.0 Å². The molecule has 3 aromatic carbocycles. The molecule has 37 heavy (non-hydrogen) atoms. The molecule has 182 valence electrons. The van der Waals surface area contributed by atoms with Crippen molar-refractivity contribution in [3.63, 3.8) is 0 Å². The predicted octanol–water partition coefficient (Wildman–Crippen LogP) is 5.87. The number of piperazine rings is 1. The number of fused-ring (bicyclic) bond motifs is 2. The van der Waals surface area contributed by atoms with Crippen LogP contribution in [0.2, 0.25) is 0 Å². The van der Waals surface area contributed by atoms with Gasteiger partial charge >= 0.3 is 0 Å². The monoisotopic (exact) mass is 484 g/mol. The summed E-state index contributed by atoms with van der Waals surface area (Å²) in [6.07, 6.45) is 4.70. The van der Waals surface area contributed by atoms with Crippen molar-refractivity contribution in [1.82, 2.24) is 9.47 Å². The molecule has 0 N–H and O–H groups in total. The van der Waals surface area contributed by atoms with E-state index in [2.05, 4.69) is 80.9 Å². The Morgan fingerprint density at radius 3 is 2.59 bits per heavy atom. The standard InChI is InChI=1S/C32H28N4O/c33-22-26-9-11-31-30(20-26)28(24-36(31)23-25-6-2-1-3-7-25)8-4-5-14-34-15-17-35(18-16-34)29-10-12-32-27(21-29)13-19-37-32/h1-3,6-7,9-13,19-21,24H,5,14-18,23H2. The Bertz CT molecular complexity index is 1640. The van der Waals surface area contributed by atoms with Gasteiger partial charge in [-0.1, -0.05) is 42.2 Å². The van der Waals surface area contributed by atoms with Gasteiger partial charge < -0.3 is 13.9 Å². The molecule has 0 radical (unpaired) electrons. The van der Waals surface area contributed by atoms with E-state index in [1.54, 1.807) is 6.26 Å². The molecule has 0 bridgehead atoms. The highest BCUT2D eigenvalue weighted by molar-refractivity contribution is 5.88. The van der Waals surface area contributed by atoms with Crippen LogP contribution in [0, 0.1) is 23.2 Å². The van der Waals surface area contributed by atoms with Gasteiger partial charge in [0, 0.05) is 73.9 Å². The van der Waals surface area contributed by atoms with Crippen molar-refractivity contribution in [3.8, 4) is 17.9 Å². The highest BCUT2D eigenvalue weighted by Gasteiger charge is 2.17. The molecule has 1 fully saturated rings. The zero-order valence-corrected chi connectivity index (χ0v) is 20.7. The predicted molar refractivity (Wildman–Crippen MR) is 149 cm³/mol. The van der Waals surface area contributed by atoms with Crippen LogP contribution < -0.4 is 4.90 Å². The third-order valence-corrected chi connectivity index (χ3v) is 7.16. The van der Waals surface area contributed by atoms with Crippen molar-refractivity contribution in [2.24, 2.45) is 0 Å². The summed E-state index contributed by atoms with van der Waals surface area (Å²) in [4.78, 5) is 4.94. The average molecular weight is 485 g/mol. The van der Waals surface area contributed by atoms with E-state index in [0.29, 0.717) is 5.56 Å². The zero-order valence-electron chi connectivity index (χ0n) is 20.7. The van der Waals surface area contributed by atoms with Crippen LogP contribution in [0.5, 0.6) is 0 Å². The second kappa shape index (κ2) is 10.3. The summed E-state index contributed by atoms with van der Waals surface area (Å²) in [5.74, 6) is 6.81. The molecule has 0 saturated carbocycles. The lowest BCUT2D eigenvalue weighted by Gasteiger charge is -2.35. The largest absolute Gasteiger partial charge is 0.464 e. The van der Waals surface area contributed by atoms with Crippen LogP contribution in [0.3, 0.4) is 0 Å². The summed E-state index contributed by atoms with van der Waals surface area (Å²) >= 11 is 0. The van der Waals surface area contributed by atoms with Gasteiger partial charge in [0.15, 0.2) is 0 Å². The Morgan fingerprint density at radius 1 is 0.892 bits per heavy atom. The number of hydrogen-bond acceptors (Lipinski definition) is 4. The minimum absolute atomic E-state index is 0.665. The van der Waals surface area contributed by atoms with E-state index in [9.17, 15) is 5.26 Å². The maximum absolute atomic E-state index is 9.41. The van der Waals surface area contributed by atoms with Gasteiger partial charge in [-0.3, -0.25) is 4.90 Å². The van der Waals surface area contributed by atoms with Crippen LogP contribution in [-0.2, 0) is 6.54 Å². The van der Waals surface area contributed by atoms with Gasteiger partial charge in [-0.25, -0.2) is 0 Å². The van der Waals surface area contributed by atoms with E-state index in [4.69, 9.17) is 4.42 Å². The molecule has 1 aliphatic rings. The quantitative estimate of drug-likeness (QED) is 0.293. The van der Waals surface area contributed by atoms with Crippen LogP contribution in [0.25, 0.3) is 21.9 Å². The van der Waals surface area contributed by atoms with Gasteiger partial charge in [0.05, 0.1) is 23.5 Å². The molecule has 1 saturated heterocycles. The fourth-order valence-corrected chi connectivity index (χ4v) is 5.13. The van der Waals surface area contributed by atoms with Crippen molar-refractivity contribution in [2.45, 2.75) is 13.0 Å². The minimum Gasteiger partial charge on any atom is -0.464 e. The maximum atomic E-state index is 9.41. The summed E-state index contributed by atoms with van der Waals surface area (Å²) in [6, 6.07) is 27.0. The molecule has 0 amide bonds. The van der Waals surface area contributed by atoms with E-state index < -0.39 is 0 Å². The number of rotatable bonds is 5. The first kappa shape index (κ1) is 23.0. The molecule has 0 aliphatic carbocycles. The number of furan rings is 1. The molecule has 5 aromatic rings. The Hall–Kier alpha value is -4.45. The Labute approximate surface area is 217 Å².